The van der Waals surface area contributed by atoms with Gasteiger partial charge in [0.15, 0.2) is 0 Å². The molecule has 0 aliphatic heterocycles. The average Bonchev–Trinajstić information content (AvgIpc) is 2.80. The zero-order chi connectivity index (χ0) is 22.5. The predicted octanol–water partition coefficient (Wildman–Crippen LogP) is 9.52. The van der Waals surface area contributed by atoms with Crippen molar-refractivity contribution in [3.05, 3.63) is 127 Å². The standard InChI is InChI=1S/C26H20Br2Cl2N2/c27-19-5-13-23(14-6-19)31-25(17-1-9-21(29)10-2-17)26(18-3-11-22(30)12-4-18)32-24-15-7-20(28)8-16-24/h1-16,25-26,31-32H/t25-,26-/m1/s1. The van der Waals surface area contributed by atoms with Crippen LogP contribution in [0.1, 0.15) is 23.2 Å². The largest absolute Gasteiger partial charge is 0.376 e. The first-order valence-corrected chi connectivity index (χ1v) is 12.4. The van der Waals surface area contributed by atoms with Crippen molar-refractivity contribution in [2.75, 3.05) is 10.6 Å². The first-order valence-electron chi connectivity index (χ1n) is 10.0. The van der Waals surface area contributed by atoms with Gasteiger partial charge in [0.2, 0.25) is 0 Å². The SMILES string of the molecule is Clc1ccc([C@@H](Nc2ccc(Br)cc2)[C@H](Nc2ccc(Br)cc2)c2ccc(Cl)cc2)cc1. The lowest BCUT2D eigenvalue weighted by atomic mass is 9.92. The Bertz CT molecular complexity index is 1050. The van der Waals surface area contributed by atoms with E-state index < -0.39 is 0 Å². The molecule has 0 heterocycles. The van der Waals surface area contributed by atoms with Gasteiger partial charge in [-0.05, 0) is 83.9 Å². The van der Waals surface area contributed by atoms with Gasteiger partial charge in [0.05, 0.1) is 12.1 Å². The van der Waals surface area contributed by atoms with E-state index >= 15 is 0 Å². The van der Waals surface area contributed by atoms with Gasteiger partial charge in [-0.2, -0.15) is 0 Å². The summed E-state index contributed by atoms with van der Waals surface area (Å²) in [7, 11) is 0. The van der Waals surface area contributed by atoms with Gasteiger partial charge in [0.1, 0.15) is 0 Å². The molecule has 0 aliphatic carbocycles. The highest BCUT2D eigenvalue weighted by Gasteiger charge is 2.25. The summed E-state index contributed by atoms with van der Waals surface area (Å²) in [5.41, 5.74) is 4.26. The molecular weight excluding hydrogens is 571 g/mol. The lowest BCUT2D eigenvalue weighted by Gasteiger charge is -2.31. The monoisotopic (exact) mass is 588 g/mol. The fourth-order valence-electron chi connectivity index (χ4n) is 3.51. The van der Waals surface area contributed by atoms with E-state index in [0.717, 1.165) is 31.4 Å². The highest BCUT2D eigenvalue weighted by molar-refractivity contribution is 9.10. The first kappa shape index (κ1) is 23.2. The van der Waals surface area contributed by atoms with Crippen LogP contribution in [0.5, 0.6) is 0 Å². The van der Waals surface area contributed by atoms with E-state index in [-0.39, 0.29) is 12.1 Å². The molecule has 32 heavy (non-hydrogen) atoms. The molecule has 0 aliphatic rings. The third-order valence-electron chi connectivity index (χ3n) is 5.12. The minimum absolute atomic E-state index is 0.0849. The van der Waals surface area contributed by atoms with Gasteiger partial charge in [0.25, 0.3) is 0 Å². The lowest BCUT2D eigenvalue weighted by Crippen LogP contribution is -2.25. The van der Waals surface area contributed by atoms with E-state index in [9.17, 15) is 0 Å². The van der Waals surface area contributed by atoms with Crippen LogP contribution >= 0.6 is 55.1 Å². The van der Waals surface area contributed by atoms with Crippen LogP contribution in [0, 0.1) is 0 Å². The molecule has 2 N–H and O–H groups in total. The number of nitrogens with one attached hydrogen (secondary N) is 2. The van der Waals surface area contributed by atoms with E-state index in [1.54, 1.807) is 0 Å². The molecule has 0 radical (unpaired) electrons. The molecule has 2 nitrogen and oxygen atoms in total. The molecule has 0 unspecified atom stereocenters. The van der Waals surface area contributed by atoms with Gasteiger partial charge in [-0.15, -0.1) is 0 Å². The Morgan fingerprint density at radius 3 is 1.09 bits per heavy atom. The van der Waals surface area contributed by atoms with Crippen LogP contribution in [0.4, 0.5) is 11.4 Å². The number of hydrogen-bond acceptors (Lipinski definition) is 2. The number of benzene rings is 4. The molecule has 4 rings (SSSR count). The zero-order valence-corrected chi connectivity index (χ0v) is 21.6. The molecule has 4 aromatic carbocycles. The molecule has 6 heteroatoms. The van der Waals surface area contributed by atoms with Crippen molar-refractivity contribution in [1.29, 1.82) is 0 Å². The molecule has 0 bridgehead atoms. The Morgan fingerprint density at radius 1 is 0.469 bits per heavy atom. The maximum absolute atomic E-state index is 6.19. The molecule has 0 saturated carbocycles. The summed E-state index contributed by atoms with van der Waals surface area (Å²) in [6.45, 7) is 0. The highest BCUT2D eigenvalue weighted by Crippen LogP contribution is 2.36. The van der Waals surface area contributed by atoms with Crippen LogP contribution in [-0.2, 0) is 0 Å². The molecule has 0 aromatic heterocycles. The maximum Gasteiger partial charge on any atom is 0.0757 e. The number of anilines is 2. The van der Waals surface area contributed by atoms with Crippen LogP contribution in [0.25, 0.3) is 0 Å². The van der Waals surface area contributed by atoms with Crippen molar-refractivity contribution < 1.29 is 0 Å². The molecule has 2 atom stereocenters. The van der Waals surface area contributed by atoms with Crippen molar-refractivity contribution in [3.8, 4) is 0 Å². The minimum atomic E-state index is -0.0849. The van der Waals surface area contributed by atoms with E-state index in [1.165, 1.54) is 0 Å². The van der Waals surface area contributed by atoms with E-state index in [2.05, 4.69) is 91.0 Å². The summed E-state index contributed by atoms with van der Waals surface area (Å²) < 4.78 is 2.07. The second-order valence-electron chi connectivity index (χ2n) is 7.36. The zero-order valence-electron chi connectivity index (χ0n) is 16.9. The predicted molar refractivity (Wildman–Crippen MR) is 144 cm³/mol. The smallest absolute Gasteiger partial charge is 0.0757 e. The molecule has 0 amide bonds. The second kappa shape index (κ2) is 10.8. The molecule has 0 saturated heterocycles. The third-order valence-corrected chi connectivity index (χ3v) is 6.69. The van der Waals surface area contributed by atoms with Crippen molar-refractivity contribution in [2.45, 2.75) is 12.1 Å². The summed E-state index contributed by atoms with van der Waals surface area (Å²) in [5, 5.41) is 8.85. The summed E-state index contributed by atoms with van der Waals surface area (Å²) >= 11 is 19.4. The van der Waals surface area contributed by atoms with Gasteiger partial charge in [-0.25, -0.2) is 0 Å². The van der Waals surface area contributed by atoms with Gasteiger partial charge in [-0.3, -0.25) is 0 Å². The Hall–Kier alpha value is -1.98. The molecule has 4 aromatic rings. The summed E-state index contributed by atoms with van der Waals surface area (Å²) in [6.07, 6.45) is 0. The topological polar surface area (TPSA) is 24.1 Å². The molecule has 0 fully saturated rings. The number of hydrogen-bond donors (Lipinski definition) is 2. The van der Waals surface area contributed by atoms with Crippen molar-refractivity contribution >= 4 is 66.4 Å². The lowest BCUT2D eigenvalue weighted by molar-refractivity contribution is 0.650. The van der Waals surface area contributed by atoms with Crippen molar-refractivity contribution in [3.63, 3.8) is 0 Å². The Labute approximate surface area is 215 Å². The first-order chi connectivity index (χ1) is 15.5. The van der Waals surface area contributed by atoms with Crippen molar-refractivity contribution in [2.24, 2.45) is 0 Å². The van der Waals surface area contributed by atoms with Crippen LogP contribution in [-0.4, -0.2) is 0 Å². The van der Waals surface area contributed by atoms with E-state index in [1.807, 2.05) is 48.5 Å². The summed E-state index contributed by atoms with van der Waals surface area (Å²) in [4.78, 5) is 0. The van der Waals surface area contributed by atoms with Crippen molar-refractivity contribution in [1.82, 2.24) is 0 Å². The van der Waals surface area contributed by atoms with Crippen LogP contribution in [0.15, 0.2) is 106 Å². The van der Waals surface area contributed by atoms with Crippen LogP contribution < -0.4 is 10.6 Å². The number of rotatable bonds is 7. The second-order valence-corrected chi connectivity index (χ2v) is 10.1. The van der Waals surface area contributed by atoms with E-state index in [0.29, 0.717) is 10.0 Å². The quantitative estimate of drug-likeness (QED) is 0.224. The van der Waals surface area contributed by atoms with Crippen LogP contribution in [0.3, 0.4) is 0 Å². The molecular formula is C26H20Br2Cl2N2. The Morgan fingerprint density at radius 2 is 0.781 bits per heavy atom. The Balaban J connectivity index is 1.78. The van der Waals surface area contributed by atoms with E-state index in [4.69, 9.17) is 23.2 Å². The fourth-order valence-corrected chi connectivity index (χ4v) is 4.29. The third kappa shape index (κ3) is 6.08. The van der Waals surface area contributed by atoms with Gasteiger partial charge in [0, 0.05) is 30.4 Å². The highest BCUT2D eigenvalue weighted by atomic mass is 79.9. The molecule has 0 spiro atoms. The Kier molecular flexibility index (Phi) is 7.80. The maximum atomic E-state index is 6.19. The minimum Gasteiger partial charge on any atom is -0.376 e. The summed E-state index contributed by atoms with van der Waals surface area (Å²) in [6, 6.07) is 32.1. The fraction of sp³-hybridized carbons (Fsp3) is 0.0769. The molecule has 162 valence electrons. The van der Waals surface area contributed by atoms with Crippen LogP contribution in [0.2, 0.25) is 10.0 Å². The normalized spacial score (nSPS) is 12.8. The average molecular weight is 591 g/mol. The number of halogens is 4. The summed E-state index contributed by atoms with van der Waals surface area (Å²) in [5.74, 6) is 0. The van der Waals surface area contributed by atoms with Gasteiger partial charge in [-0.1, -0.05) is 79.3 Å². The van der Waals surface area contributed by atoms with Gasteiger partial charge < -0.3 is 10.6 Å². The van der Waals surface area contributed by atoms with Gasteiger partial charge >= 0.3 is 0 Å².